The third-order valence-corrected chi connectivity index (χ3v) is 4.50. The maximum atomic E-state index is 12.2. The van der Waals surface area contributed by atoms with Gasteiger partial charge in [0.05, 0.1) is 12.5 Å². The first kappa shape index (κ1) is 16.0. The Morgan fingerprint density at radius 1 is 1.39 bits per heavy atom. The van der Waals surface area contributed by atoms with Gasteiger partial charge in [-0.3, -0.25) is 9.69 Å². The monoisotopic (exact) mass is 332 g/mol. The predicted molar refractivity (Wildman–Crippen MR) is 90.4 cm³/mol. The van der Waals surface area contributed by atoms with Crippen LogP contribution in [0.2, 0.25) is 5.02 Å². The second-order valence-electron chi connectivity index (χ2n) is 6.04. The summed E-state index contributed by atoms with van der Waals surface area (Å²) in [6, 6.07) is 8.22. The summed E-state index contributed by atoms with van der Waals surface area (Å²) in [6.45, 7) is 2.86. The maximum absolute atomic E-state index is 12.2. The summed E-state index contributed by atoms with van der Waals surface area (Å²) in [5.74, 6) is -0.0432. The molecule has 0 saturated carbocycles. The number of nitrogens with one attached hydrogen (secondary N) is 1. The van der Waals surface area contributed by atoms with Crippen LogP contribution in [0.4, 0.5) is 0 Å². The zero-order valence-corrected chi connectivity index (χ0v) is 14.0. The normalized spacial score (nSPS) is 16.4. The summed E-state index contributed by atoms with van der Waals surface area (Å²) in [4.78, 5) is 18.6. The minimum absolute atomic E-state index is 0.0432. The molecule has 1 aromatic heterocycles. The molecule has 1 aliphatic rings. The van der Waals surface area contributed by atoms with Crippen LogP contribution in [0, 0.1) is 0 Å². The van der Waals surface area contributed by atoms with E-state index >= 15 is 0 Å². The van der Waals surface area contributed by atoms with E-state index in [1.165, 1.54) is 5.56 Å². The Bertz CT molecular complexity index is 677. The molecule has 5 nitrogen and oxygen atoms in total. The van der Waals surface area contributed by atoms with Crippen molar-refractivity contribution in [2.24, 2.45) is 7.05 Å². The Hall–Kier alpha value is -1.85. The molecule has 1 amide bonds. The number of aryl methyl sites for hydroxylation is 1. The Labute approximate surface area is 141 Å². The van der Waals surface area contributed by atoms with Crippen LogP contribution in [-0.4, -0.2) is 39.5 Å². The molecular weight excluding hydrogens is 312 g/mol. The van der Waals surface area contributed by atoms with Crippen LogP contribution in [0.3, 0.4) is 0 Å². The number of hydrogen-bond donors (Lipinski definition) is 1. The Kier molecular flexibility index (Phi) is 4.98. The average Bonchev–Trinajstić information content (AvgIpc) is 2.95. The molecule has 0 radical (unpaired) electrons. The van der Waals surface area contributed by atoms with Gasteiger partial charge in [0, 0.05) is 37.7 Å². The Morgan fingerprint density at radius 2 is 2.17 bits per heavy atom. The highest BCUT2D eigenvalue weighted by atomic mass is 35.5. The highest BCUT2D eigenvalue weighted by Gasteiger charge is 2.22. The number of carbonyl (C=O) groups is 1. The number of piperidine rings is 1. The third kappa shape index (κ3) is 4.12. The van der Waals surface area contributed by atoms with E-state index in [1.54, 1.807) is 17.1 Å². The number of hydrogen-bond acceptors (Lipinski definition) is 3. The van der Waals surface area contributed by atoms with Crippen LogP contribution < -0.4 is 5.32 Å². The van der Waals surface area contributed by atoms with Crippen molar-refractivity contribution < 1.29 is 4.79 Å². The number of rotatable bonds is 4. The molecule has 1 aromatic carbocycles. The van der Waals surface area contributed by atoms with Crippen molar-refractivity contribution in [3.8, 4) is 0 Å². The first-order valence-electron chi connectivity index (χ1n) is 7.86. The standard InChI is InChI=1S/C17H21ClN4O/c1-21-12-19-10-16(21)17(23)20-15-5-7-22(8-6-15)11-13-3-2-4-14(18)9-13/h2-4,9-10,12,15H,5-8,11H2,1H3,(H,20,23). The van der Waals surface area contributed by atoms with Gasteiger partial charge >= 0.3 is 0 Å². The molecular formula is C17H21ClN4O. The largest absolute Gasteiger partial charge is 0.348 e. The Balaban J connectivity index is 1.49. The van der Waals surface area contributed by atoms with Gasteiger partial charge in [0.15, 0.2) is 0 Å². The molecule has 1 fully saturated rings. The summed E-state index contributed by atoms with van der Waals surface area (Å²) < 4.78 is 1.74. The molecule has 0 unspecified atom stereocenters. The van der Waals surface area contributed by atoms with Crippen molar-refractivity contribution in [1.29, 1.82) is 0 Å². The third-order valence-electron chi connectivity index (χ3n) is 4.27. The van der Waals surface area contributed by atoms with Crippen molar-refractivity contribution in [2.75, 3.05) is 13.1 Å². The second kappa shape index (κ2) is 7.15. The second-order valence-corrected chi connectivity index (χ2v) is 6.48. The summed E-state index contributed by atoms with van der Waals surface area (Å²) in [6.07, 6.45) is 5.17. The van der Waals surface area contributed by atoms with Crippen LogP contribution in [0.1, 0.15) is 28.9 Å². The topological polar surface area (TPSA) is 50.2 Å². The van der Waals surface area contributed by atoms with E-state index in [2.05, 4.69) is 21.3 Å². The van der Waals surface area contributed by atoms with Gasteiger partial charge < -0.3 is 9.88 Å². The number of nitrogens with zero attached hydrogens (tertiary/aromatic N) is 3. The first-order chi connectivity index (χ1) is 11.1. The molecule has 1 N–H and O–H groups in total. The first-order valence-corrected chi connectivity index (χ1v) is 8.23. The van der Waals surface area contributed by atoms with Crippen LogP contribution in [0.15, 0.2) is 36.8 Å². The molecule has 0 spiro atoms. The van der Waals surface area contributed by atoms with Gasteiger partial charge in [-0.1, -0.05) is 23.7 Å². The maximum Gasteiger partial charge on any atom is 0.269 e. The number of amides is 1. The van der Waals surface area contributed by atoms with Gasteiger partial charge in [0.25, 0.3) is 5.91 Å². The lowest BCUT2D eigenvalue weighted by Gasteiger charge is -2.32. The SMILES string of the molecule is Cn1cncc1C(=O)NC1CCN(Cc2cccc(Cl)c2)CC1. The van der Waals surface area contributed by atoms with Crippen molar-refractivity contribution in [3.05, 3.63) is 53.1 Å². The van der Waals surface area contributed by atoms with E-state index in [4.69, 9.17) is 11.6 Å². The fourth-order valence-electron chi connectivity index (χ4n) is 2.96. The number of imidazole rings is 1. The van der Waals surface area contributed by atoms with Crippen molar-refractivity contribution in [1.82, 2.24) is 19.8 Å². The number of halogens is 1. The van der Waals surface area contributed by atoms with E-state index in [1.807, 2.05) is 25.2 Å². The smallest absolute Gasteiger partial charge is 0.269 e. The van der Waals surface area contributed by atoms with Crippen molar-refractivity contribution in [3.63, 3.8) is 0 Å². The summed E-state index contributed by atoms with van der Waals surface area (Å²) in [7, 11) is 1.83. The van der Waals surface area contributed by atoms with Crippen molar-refractivity contribution >= 4 is 17.5 Å². The molecule has 122 valence electrons. The molecule has 1 saturated heterocycles. The lowest BCUT2D eigenvalue weighted by Crippen LogP contribution is -2.44. The number of aromatic nitrogens is 2. The molecule has 0 aliphatic carbocycles. The lowest BCUT2D eigenvalue weighted by atomic mass is 10.0. The quantitative estimate of drug-likeness (QED) is 0.935. The van der Waals surface area contributed by atoms with E-state index in [0.717, 1.165) is 37.5 Å². The minimum Gasteiger partial charge on any atom is -0.348 e. The highest BCUT2D eigenvalue weighted by Crippen LogP contribution is 2.17. The summed E-state index contributed by atoms with van der Waals surface area (Å²) >= 11 is 6.03. The van der Waals surface area contributed by atoms with Gasteiger partial charge in [-0.15, -0.1) is 0 Å². The molecule has 6 heteroatoms. The highest BCUT2D eigenvalue weighted by molar-refractivity contribution is 6.30. The fourth-order valence-corrected chi connectivity index (χ4v) is 3.18. The molecule has 2 heterocycles. The molecule has 1 aliphatic heterocycles. The molecule has 0 atom stereocenters. The summed E-state index contributed by atoms with van der Waals surface area (Å²) in [5.41, 5.74) is 1.83. The van der Waals surface area contributed by atoms with Crippen LogP contribution in [0.5, 0.6) is 0 Å². The van der Waals surface area contributed by atoms with E-state index in [9.17, 15) is 4.79 Å². The van der Waals surface area contributed by atoms with Gasteiger partial charge in [-0.2, -0.15) is 0 Å². The van der Waals surface area contributed by atoms with Gasteiger partial charge in [-0.05, 0) is 30.5 Å². The van der Waals surface area contributed by atoms with Crippen LogP contribution >= 0.6 is 11.6 Å². The predicted octanol–water partition coefficient (Wildman–Crippen LogP) is 2.47. The number of carbonyl (C=O) groups excluding carboxylic acids is 1. The molecule has 2 aromatic rings. The molecule has 0 bridgehead atoms. The number of likely N-dealkylation sites (tertiary alicyclic amines) is 1. The van der Waals surface area contributed by atoms with Gasteiger partial charge in [0.1, 0.15) is 5.69 Å². The Morgan fingerprint density at radius 3 is 2.83 bits per heavy atom. The minimum atomic E-state index is -0.0432. The van der Waals surface area contributed by atoms with Crippen LogP contribution in [-0.2, 0) is 13.6 Å². The molecule has 3 rings (SSSR count). The zero-order valence-electron chi connectivity index (χ0n) is 13.2. The van der Waals surface area contributed by atoms with Crippen molar-refractivity contribution in [2.45, 2.75) is 25.4 Å². The van der Waals surface area contributed by atoms with E-state index in [0.29, 0.717) is 5.69 Å². The van der Waals surface area contributed by atoms with Gasteiger partial charge in [0.2, 0.25) is 0 Å². The molecule has 23 heavy (non-hydrogen) atoms. The fraction of sp³-hybridized carbons (Fsp3) is 0.412. The lowest BCUT2D eigenvalue weighted by molar-refractivity contribution is 0.0900. The zero-order chi connectivity index (χ0) is 16.2. The van der Waals surface area contributed by atoms with E-state index in [-0.39, 0.29) is 11.9 Å². The van der Waals surface area contributed by atoms with Gasteiger partial charge in [-0.25, -0.2) is 4.98 Å². The van der Waals surface area contributed by atoms with Crippen LogP contribution in [0.25, 0.3) is 0 Å². The summed E-state index contributed by atoms with van der Waals surface area (Å²) in [5, 5.41) is 3.89. The van der Waals surface area contributed by atoms with E-state index < -0.39 is 0 Å². The average molecular weight is 333 g/mol. The number of benzene rings is 1.